The molecule has 0 atom stereocenters. The molecule has 1 N–H and O–H groups in total. The third kappa shape index (κ3) is 7.98. The van der Waals surface area contributed by atoms with E-state index in [1.54, 1.807) is 7.11 Å². The molecule has 0 aromatic heterocycles. The van der Waals surface area contributed by atoms with Crippen molar-refractivity contribution in [2.24, 2.45) is 0 Å². The number of ether oxygens (including phenoxy) is 1. The van der Waals surface area contributed by atoms with E-state index in [1.807, 2.05) is 0 Å². The highest BCUT2D eigenvalue weighted by atomic mass is 16.5. The summed E-state index contributed by atoms with van der Waals surface area (Å²) >= 11 is 0. The first-order valence-electron chi connectivity index (χ1n) is 4.57. The summed E-state index contributed by atoms with van der Waals surface area (Å²) in [5.41, 5.74) is 0. The lowest BCUT2D eigenvalue weighted by Gasteiger charge is -2.17. The minimum atomic E-state index is 0.584. The van der Waals surface area contributed by atoms with Crippen LogP contribution in [0.3, 0.4) is 0 Å². The molecule has 0 aliphatic carbocycles. The van der Waals surface area contributed by atoms with Crippen molar-refractivity contribution in [1.82, 2.24) is 10.2 Å². The van der Waals surface area contributed by atoms with Crippen molar-refractivity contribution in [3.63, 3.8) is 0 Å². The van der Waals surface area contributed by atoms with Crippen LogP contribution in [0.4, 0.5) is 0 Å². The Hall–Kier alpha value is -0.120. The molecule has 0 radical (unpaired) electrons. The van der Waals surface area contributed by atoms with Crippen molar-refractivity contribution in [3.8, 4) is 0 Å². The highest BCUT2D eigenvalue weighted by molar-refractivity contribution is 4.56. The summed E-state index contributed by atoms with van der Waals surface area (Å²) in [6.45, 7) is 8.29. The Morgan fingerprint density at radius 1 is 1.33 bits per heavy atom. The van der Waals surface area contributed by atoms with Crippen molar-refractivity contribution in [1.29, 1.82) is 0 Å². The van der Waals surface area contributed by atoms with Gasteiger partial charge in [-0.15, -0.1) is 0 Å². The second-order valence-corrected chi connectivity index (χ2v) is 3.40. The van der Waals surface area contributed by atoms with E-state index in [0.717, 1.165) is 26.2 Å². The lowest BCUT2D eigenvalue weighted by atomic mass is 10.4. The van der Waals surface area contributed by atoms with Crippen molar-refractivity contribution >= 4 is 0 Å². The van der Waals surface area contributed by atoms with Crippen LogP contribution in [0.15, 0.2) is 0 Å². The topological polar surface area (TPSA) is 24.5 Å². The van der Waals surface area contributed by atoms with E-state index in [1.165, 1.54) is 0 Å². The molecule has 0 amide bonds. The SMILES string of the molecule is COCCN(C)CCNC(C)C. The summed E-state index contributed by atoms with van der Waals surface area (Å²) in [5.74, 6) is 0. The number of hydrogen-bond donors (Lipinski definition) is 1. The first-order valence-corrected chi connectivity index (χ1v) is 4.57. The summed E-state index contributed by atoms with van der Waals surface area (Å²) < 4.78 is 4.98. The van der Waals surface area contributed by atoms with Crippen LogP contribution in [0.5, 0.6) is 0 Å². The molecular weight excluding hydrogens is 152 g/mol. The third-order valence-electron chi connectivity index (χ3n) is 1.72. The minimum Gasteiger partial charge on any atom is -0.383 e. The van der Waals surface area contributed by atoms with Gasteiger partial charge in [0.05, 0.1) is 6.61 Å². The summed E-state index contributed by atoms with van der Waals surface area (Å²) in [6.07, 6.45) is 0. The van der Waals surface area contributed by atoms with Gasteiger partial charge in [0.1, 0.15) is 0 Å². The Balaban J connectivity index is 3.13. The van der Waals surface area contributed by atoms with Gasteiger partial charge in [-0.1, -0.05) is 13.8 Å². The number of rotatable bonds is 7. The highest BCUT2D eigenvalue weighted by Gasteiger charge is 1.97. The first kappa shape index (κ1) is 11.9. The van der Waals surface area contributed by atoms with Gasteiger partial charge in [-0.25, -0.2) is 0 Å². The van der Waals surface area contributed by atoms with Crippen molar-refractivity contribution in [2.45, 2.75) is 19.9 Å². The van der Waals surface area contributed by atoms with Crippen LogP contribution in [0, 0.1) is 0 Å². The van der Waals surface area contributed by atoms with Crippen LogP contribution < -0.4 is 5.32 Å². The second-order valence-electron chi connectivity index (χ2n) is 3.40. The summed E-state index contributed by atoms with van der Waals surface area (Å²) in [7, 11) is 3.85. The van der Waals surface area contributed by atoms with Crippen LogP contribution in [0.2, 0.25) is 0 Å². The fourth-order valence-electron chi connectivity index (χ4n) is 0.903. The maximum absolute atomic E-state index is 4.98. The Bertz CT molecular complexity index is 96.5. The third-order valence-corrected chi connectivity index (χ3v) is 1.72. The van der Waals surface area contributed by atoms with Crippen molar-refractivity contribution in [3.05, 3.63) is 0 Å². The normalized spacial score (nSPS) is 11.5. The molecule has 0 aliphatic rings. The van der Waals surface area contributed by atoms with Gasteiger partial charge >= 0.3 is 0 Å². The maximum atomic E-state index is 4.98. The zero-order valence-corrected chi connectivity index (χ0v) is 8.76. The predicted octanol–water partition coefficient (Wildman–Crippen LogP) is 0.563. The summed E-state index contributed by atoms with van der Waals surface area (Å²) in [5, 5.41) is 3.37. The van der Waals surface area contributed by atoms with Gasteiger partial charge in [0, 0.05) is 32.8 Å². The zero-order chi connectivity index (χ0) is 9.40. The zero-order valence-electron chi connectivity index (χ0n) is 8.76. The molecular formula is C9H22N2O. The van der Waals surface area contributed by atoms with Crippen LogP contribution in [0.25, 0.3) is 0 Å². The van der Waals surface area contributed by atoms with Gasteiger partial charge in [-0.05, 0) is 7.05 Å². The molecule has 0 saturated carbocycles. The predicted molar refractivity (Wildman–Crippen MR) is 52.5 cm³/mol. The molecule has 3 nitrogen and oxygen atoms in total. The van der Waals surface area contributed by atoms with Crippen LogP contribution in [0.1, 0.15) is 13.8 Å². The molecule has 0 rings (SSSR count). The van der Waals surface area contributed by atoms with Gasteiger partial charge in [0.15, 0.2) is 0 Å². The molecule has 0 aromatic carbocycles. The Morgan fingerprint density at radius 2 is 2.00 bits per heavy atom. The molecule has 0 spiro atoms. The lowest BCUT2D eigenvalue weighted by Crippen LogP contribution is -2.34. The monoisotopic (exact) mass is 174 g/mol. The Morgan fingerprint density at radius 3 is 2.50 bits per heavy atom. The largest absolute Gasteiger partial charge is 0.383 e. The molecule has 0 unspecified atom stereocenters. The van der Waals surface area contributed by atoms with Crippen LogP contribution >= 0.6 is 0 Å². The van der Waals surface area contributed by atoms with Gasteiger partial charge in [-0.3, -0.25) is 0 Å². The lowest BCUT2D eigenvalue weighted by molar-refractivity contribution is 0.161. The number of hydrogen-bond acceptors (Lipinski definition) is 3. The quantitative estimate of drug-likeness (QED) is 0.610. The number of likely N-dealkylation sites (N-methyl/N-ethyl adjacent to an activating group) is 1. The fourth-order valence-corrected chi connectivity index (χ4v) is 0.903. The molecule has 0 saturated heterocycles. The second kappa shape index (κ2) is 7.53. The van der Waals surface area contributed by atoms with Crippen molar-refractivity contribution in [2.75, 3.05) is 40.4 Å². The maximum Gasteiger partial charge on any atom is 0.0589 e. The van der Waals surface area contributed by atoms with Gasteiger partial charge in [0.25, 0.3) is 0 Å². The highest BCUT2D eigenvalue weighted by Crippen LogP contribution is 1.82. The number of nitrogens with zero attached hydrogens (tertiary/aromatic N) is 1. The summed E-state index contributed by atoms with van der Waals surface area (Å²) in [4.78, 5) is 2.26. The van der Waals surface area contributed by atoms with E-state index in [4.69, 9.17) is 4.74 Å². The average molecular weight is 174 g/mol. The van der Waals surface area contributed by atoms with E-state index in [-0.39, 0.29) is 0 Å². The molecule has 0 aromatic rings. The molecule has 12 heavy (non-hydrogen) atoms. The molecule has 3 heteroatoms. The van der Waals surface area contributed by atoms with E-state index in [9.17, 15) is 0 Å². The summed E-state index contributed by atoms with van der Waals surface area (Å²) in [6, 6.07) is 0.584. The van der Waals surface area contributed by atoms with Crippen LogP contribution in [-0.2, 0) is 4.74 Å². The molecule has 0 heterocycles. The smallest absolute Gasteiger partial charge is 0.0589 e. The standard InChI is InChI=1S/C9H22N2O/c1-9(2)10-5-6-11(3)7-8-12-4/h9-10H,5-8H2,1-4H3. The Kier molecular flexibility index (Phi) is 7.45. The molecule has 0 fully saturated rings. The van der Waals surface area contributed by atoms with Gasteiger partial charge < -0.3 is 15.0 Å². The number of nitrogens with one attached hydrogen (secondary N) is 1. The fraction of sp³-hybridized carbons (Fsp3) is 1.00. The van der Waals surface area contributed by atoms with E-state index in [2.05, 4.69) is 31.1 Å². The number of methoxy groups -OCH3 is 1. The average Bonchev–Trinajstić information content (AvgIpc) is 2.00. The van der Waals surface area contributed by atoms with E-state index in [0.29, 0.717) is 6.04 Å². The molecule has 0 aliphatic heterocycles. The van der Waals surface area contributed by atoms with Gasteiger partial charge in [-0.2, -0.15) is 0 Å². The first-order chi connectivity index (χ1) is 5.66. The van der Waals surface area contributed by atoms with E-state index >= 15 is 0 Å². The van der Waals surface area contributed by atoms with Crippen LogP contribution in [-0.4, -0.2) is 51.3 Å². The van der Waals surface area contributed by atoms with Gasteiger partial charge in [0.2, 0.25) is 0 Å². The van der Waals surface area contributed by atoms with E-state index < -0.39 is 0 Å². The Labute approximate surface area is 76.1 Å². The molecule has 74 valence electrons. The van der Waals surface area contributed by atoms with Crippen molar-refractivity contribution < 1.29 is 4.74 Å². The minimum absolute atomic E-state index is 0.584. The molecule has 0 bridgehead atoms.